The van der Waals surface area contributed by atoms with E-state index in [0.717, 1.165) is 23.6 Å². The van der Waals surface area contributed by atoms with Gasteiger partial charge in [-0.3, -0.25) is 0 Å². The minimum absolute atomic E-state index is 0.744. The third-order valence-corrected chi connectivity index (χ3v) is 2.10. The summed E-state index contributed by atoms with van der Waals surface area (Å²) in [6.07, 6.45) is 1.72. The summed E-state index contributed by atoms with van der Waals surface area (Å²) in [6, 6.07) is 7.65. The molecule has 72 valence electrons. The van der Waals surface area contributed by atoms with E-state index in [-0.39, 0.29) is 0 Å². The Balaban J connectivity index is 2.49. The van der Waals surface area contributed by atoms with Crippen LogP contribution < -0.4 is 5.73 Å². The molecule has 2 rings (SSSR count). The molecule has 4 nitrogen and oxygen atoms in total. The molecule has 0 saturated heterocycles. The number of benzene rings is 1. The van der Waals surface area contributed by atoms with Crippen molar-refractivity contribution in [3.05, 3.63) is 30.6 Å². The molecule has 4 heteroatoms. The van der Waals surface area contributed by atoms with Crippen molar-refractivity contribution in [3.8, 4) is 11.4 Å². The van der Waals surface area contributed by atoms with Crippen molar-refractivity contribution < 1.29 is 0 Å². The Morgan fingerprint density at radius 2 is 2.29 bits per heavy atom. The lowest BCUT2D eigenvalue weighted by Gasteiger charge is -2.03. The molecule has 0 aliphatic heterocycles. The summed E-state index contributed by atoms with van der Waals surface area (Å²) in [5.74, 6) is 0.861. The SMILES string of the molecule is CCn1cnnc1-c1cccc(N)c1. The van der Waals surface area contributed by atoms with Crippen LogP contribution in [0.15, 0.2) is 30.6 Å². The van der Waals surface area contributed by atoms with Gasteiger partial charge in [0.25, 0.3) is 0 Å². The van der Waals surface area contributed by atoms with Crippen LogP contribution in [0.2, 0.25) is 0 Å². The fourth-order valence-corrected chi connectivity index (χ4v) is 1.39. The number of anilines is 1. The Kier molecular flexibility index (Phi) is 2.18. The molecule has 0 aliphatic carbocycles. The Morgan fingerprint density at radius 1 is 1.43 bits per heavy atom. The van der Waals surface area contributed by atoms with Crippen LogP contribution in [0.1, 0.15) is 6.92 Å². The van der Waals surface area contributed by atoms with Crippen molar-refractivity contribution in [2.75, 3.05) is 5.73 Å². The molecule has 0 bridgehead atoms. The third kappa shape index (κ3) is 1.46. The minimum Gasteiger partial charge on any atom is -0.399 e. The number of hydrogen-bond donors (Lipinski definition) is 1. The molecule has 2 aromatic rings. The van der Waals surface area contributed by atoms with Gasteiger partial charge in [-0.05, 0) is 19.1 Å². The molecule has 0 atom stereocenters. The quantitative estimate of drug-likeness (QED) is 0.727. The van der Waals surface area contributed by atoms with Gasteiger partial charge in [0.15, 0.2) is 5.82 Å². The molecular formula is C10H12N4. The fourth-order valence-electron chi connectivity index (χ4n) is 1.39. The summed E-state index contributed by atoms with van der Waals surface area (Å²) < 4.78 is 1.98. The number of hydrogen-bond acceptors (Lipinski definition) is 3. The number of aryl methyl sites for hydroxylation is 1. The zero-order chi connectivity index (χ0) is 9.97. The zero-order valence-electron chi connectivity index (χ0n) is 8.01. The maximum absolute atomic E-state index is 5.70. The van der Waals surface area contributed by atoms with Crippen LogP contribution in [0, 0.1) is 0 Å². The molecule has 1 aromatic carbocycles. The molecule has 0 fully saturated rings. The predicted molar refractivity (Wildman–Crippen MR) is 55.5 cm³/mol. The van der Waals surface area contributed by atoms with Crippen LogP contribution in [0.5, 0.6) is 0 Å². The lowest BCUT2D eigenvalue weighted by Crippen LogP contribution is -1.96. The van der Waals surface area contributed by atoms with Gasteiger partial charge in [0.05, 0.1) is 0 Å². The summed E-state index contributed by atoms with van der Waals surface area (Å²) in [7, 11) is 0. The van der Waals surface area contributed by atoms with Crippen LogP contribution in [0.25, 0.3) is 11.4 Å². The maximum Gasteiger partial charge on any atom is 0.163 e. The highest BCUT2D eigenvalue weighted by atomic mass is 15.3. The van der Waals surface area contributed by atoms with Gasteiger partial charge in [-0.15, -0.1) is 10.2 Å². The monoisotopic (exact) mass is 188 g/mol. The zero-order valence-corrected chi connectivity index (χ0v) is 8.01. The molecule has 0 aliphatic rings. The topological polar surface area (TPSA) is 56.7 Å². The average molecular weight is 188 g/mol. The number of aromatic nitrogens is 3. The first kappa shape index (κ1) is 8.74. The fraction of sp³-hybridized carbons (Fsp3) is 0.200. The molecule has 0 spiro atoms. The van der Waals surface area contributed by atoms with Gasteiger partial charge in [-0.25, -0.2) is 0 Å². The van der Waals surface area contributed by atoms with Crippen molar-refractivity contribution in [2.24, 2.45) is 0 Å². The Labute approximate surface area is 82.4 Å². The summed E-state index contributed by atoms with van der Waals surface area (Å²) in [6.45, 7) is 2.91. The molecule has 0 radical (unpaired) electrons. The first-order valence-electron chi connectivity index (χ1n) is 4.55. The van der Waals surface area contributed by atoms with Crippen molar-refractivity contribution in [1.82, 2.24) is 14.8 Å². The normalized spacial score (nSPS) is 10.4. The molecule has 2 N–H and O–H groups in total. The van der Waals surface area contributed by atoms with Gasteiger partial charge in [0.1, 0.15) is 6.33 Å². The Morgan fingerprint density at radius 3 is 3.00 bits per heavy atom. The first-order valence-corrected chi connectivity index (χ1v) is 4.55. The number of rotatable bonds is 2. The van der Waals surface area contributed by atoms with Crippen molar-refractivity contribution >= 4 is 5.69 Å². The maximum atomic E-state index is 5.70. The number of nitrogens with zero attached hydrogens (tertiary/aromatic N) is 3. The highest BCUT2D eigenvalue weighted by Gasteiger charge is 2.05. The van der Waals surface area contributed by atoms with Crippen molar-refractivity contribution in [2.45, 2.75) is 13.5 Å². The van der Waals surface area contributed by atoms with E-state index in [2.05, 4.69) is 17.1 Å². The van der Waals surface area contributed by atoms with Crippen LogP contribution in [0.3, 0.4) is 0 Å². The van der Waals surface area contributed by atoms with Gasteiger partial charge >= 0.3 is 0 Å². The second-order valence-corrected chi connectivity index (χ2v) is 3.07. The minimum atomic E-state index is 0.744. The van der Waals surface area contributed by atoms with E-state index >= 15 is 0 Å². The second kappa shape index (κ2) is 3.49. The summed E-state index contributed by atoms with van der Waals surface area (Å²) in [5, 5.41) is 7.93. The summed E-state index contributed by atoms with van der Waals surface area (Å²) in [5.41, 5.74) is 7.45. The number of nitrogens with two attached hydrogens (primary N) is 1. The largest absolute Gasteiger partial charge is 0.399 e. The number of nitrogen functional groups attached to an aromatic ring is 1. The average Bonchev–Trinajstić information content (AvgIpc) is 2.65. The van der Waals surface area contributed by atoms with Gasteiger partial charge in [-0.1, -0.05) is 12.1 Å². The van der Waals surface area contributed by atoms with E-state index in [4.69, 9.17) is 5.73 Å². The van der Waals surface area contributed by atoms with Gasteiger partial charge in [0.2, 0.25) is 0 Å². The molecule has 0 unspecified atom stereocenters. The predicted octanol–water partition coefficient (Wildman–Crippen LogP) is 1.55. The van der Waals surface area contributed by atoms with E-state index in [1.54, 1.807) is 6.33 Å². The highest BCUT2D eigenvalue weighted by Crippen LogP contribution is 2.18. The molecule has 14 heavy (non-hydrogen) atoms. The second-order valence-electron chi connectivity index (χ2n) is 3.07. The van der Waals surface area contributed by atoms with Gasteiger partial charge in [-0.2, -0.15) is 0 Å². The van der Waals surface area contributed by atoms with Crippen LogP contribution in [-0.2, 0) is 6.54 Å². The highest BCUT2D eigenvalue weighted by molar-refractivity contribution is 5.60. The summed E-state index contributed by atoms with van der Waals surface area (Å²) in [4.78, 5) is 0. The molecule has 0 saturated carbocycles. The molecular weight excluding hydrogens is 176 g/mol. The van der Waals surface area contributed by atoms with E-state index in [0.29, 0.717) is 0 Å². The smallest absolute Gasteiger partial charge is 0.163 e. The molecule has 1 aromatic heterocycles. The van der Waals surface area contributed by atoms with Crippen LogP contribution in [-0.4, -0.2) is 14.8 Å². The lowest BCUT2D eigenvalue weighted by atomic mass is 10.2. The van der Waals surface area contributed by atoms with E-state index in [1.165, 1.54) is 0 Å². The standard InChI is InChI=1S/C10H12N4/c1-2-14-7-12-13-10(14)8-4-3-5-9(11)6-8/h3-7H,2,11H2,1H3. The molecule has 1 heterocycles. The summed E-state index contributed by atoms with van der Waals surface area (Å²) >= 11 is 0. The van der Waals surface area contributed by atoms with Gasteiger partial charge in [0, 0.05) is 17.8 Å². The Bertz CT molecular complexity index is 433. The van der Waals surface area contributed by atoms with Gasteiger partial charge < -0.3 is 10.3 Å². The first-order chi connectivity index (χ1) is 6.81. The molecule has 0 amide bonds. The lowest BCUT2D eigenvalue weighted by molar-refractivity contribution is 0.767. The van der Waals surface area contributed by atoms with Crippen molar-refractivity contribution in [3.63, 3.8) is 0 Å². The van der Waals surface area contributed by atoms with Crippen LogP contribution >= 0.6 is 0 Å². The van der Waals surface area contributed by atoms with Crippen LogP contribution in [0.4, 0.5) is 5.69 Å². The Hall–Kier alpha value is -1.84. The third-order valence-electron chi connectivity index (χ3n) is 2.10. The van der Waals surface area contributed by atoms with Crippen molar-refractivity contribution in [1.29, 1.82) is 0 Å². The van der Waals surface area contributed by atoms with E-state index < -0.39 is 0 Å². The van der Waals surface area contributed by atoms with E-state index in [9.17, 15) is 0 Å². The van der Waals surface area contributed by atoms with E-state index in [1.807, 2.05) is 28.8 Å².